The van der Waals surface area contributed by atoms with E-state index in [0.29, 0.717) is 11.5 Å². The Labute approximate surface area is 192 Å². The fourth-order valence-corrected chi connectivity index (χ4v) is 4.72. The highest BCUT2D eigenvalue weighted by Crippen LogP contribution is 2.38. The fourth-order valence-electron chi connectivity index (χ4n) is 3.57. The number of thiazole rings is 1. The second-order valence-electron chi connectivity index (χ2n) is 7.41. The molecule has 33 heavy (non-hydrogen) atoms. The zero-order valence-corrected chi connectivity index (χ0v) is 19.0. The highest BCUT2D eigenvalue weighted by Gasteiger charge is 2.41. The first kappa shape index (κ1) is 22.4. The number of fused-ring (bicyclic) bond motifs is 1. The van der Waals surface area contributed by atoms with Crippen molar-refractivity contribution in [3.8, 4) is 0 Å². The van der Waals surface area contributed by atoms with Crippen LogP contribution in [0.15, 0.2) is 56.0 Å². The van der Waals surface area contributed by atoms with Gasteiger partial charge in [-0.15, -0.1) is 11.3 Å². The molecule has 2 N–H and O–H groups in total. The van der Waals surface area contributed by atoms with E-state index >= 15 is 0 Å². The SMILES string of the molecule is CCOC(=O)C1=C(N)n2c(s/c(=C\c3ccco3)c2=O)=C(C(=O)OC(C)C)[C@@H]1c1ccco1. The third kappa shape index (κ3) is 4.05. The van der Waals surface area contributed by atoms with Crippen molar-refractivity contribution in [1.29, 1.82) is 0 Å². The molecule has 9 nitrogen and oxygen atoms in total. The van der Waals surface area contributed by atoms with Crippen LogP contribution in [-0.2, 0) is 19.1 Å². The number of nitrogens with two attached hydrogens (primary N) is 1. The predicted molar refractivity (Wildman–Crippen MR) is 120 cm³/mol. The molecule has 0 fully saturated rings. The quantitative estimate of drug-likeness (QED) is 0.537. The maximum absolute atomic E-state index is 13.3. The van der Waals surface area contributed by atoms with Gasteiger partial charge >= 0.3 is 11.9 Å². The van der Waals surface area contributed by atoms with Gasteiger partial charge in [0, 0.05) is 6.08 Å². The van der Waals surface area contributed by atoms with Crippen molar-refractivity contribution in [2.24, 2.45) is 5.73 Å². The fraction of sp³-hybridized carbons (Fsp3) is 0.261. The second-order valence-corrected chi connectivity index (χ2v) is 8.44. The van der Waals surface area contributed by atoms with Crippen LogP contribution in [0.4, 0.5) is 0 Å². The summed E-state index contributed by atoms with van der Waals surface area (Å²) < 4.78 is 23.2. The van der Waals surface area contributed by atoms with Crippen LogP contribution in [0.1, 0.15) is 38.2 Å². The Hall–Kier alpha value is -3.79. The minimum Gasteiger partial charge on any atom is -0.468 e. The molecule has 172 valence electrons. The lowest BCUT2D eigenvalue weighted by atomic mass is 9.87. The molecular weight excluding hydrogens is 448 g/mol. The number of carbonyl (C=O) groups excluding carboxylic acids is 2. The number of rotatable bonds is 6. The van der Waals surface area contributed by atoms with Crippen LogP contribution in [0.5, 0.6) is 0 Å². The molecule has 0 aliphatic carbocycles. The van der Waals surface area contributed by atoms with Crippen molar-refractivity contribution >= 4 is 40.7 Å². The molecule has 0 saturated carbocycles. The normalized spacial score (nSPS) is 16.3. The number of hydrogen-bond acceptors (Lipinski definition) is 9. The van der Waals surface area contributed by atoms with Crippen molar-refractivity contribution in [3.63, 3.8) is 0 Å². The highest BCUT2D eigenvalue weighted by molar-refractivity contribution is 7.07. The van der Waals surface area contributed by atoms with Gasteiger partial charge in [0.05, 0.1) is 46.8 Å². The van der Waals surface area contributed by atoms with Gasteiger partial charge in [-0.1, -0.05) is 0 Å². The summed E-state index contributed by atoms with van der Waals surface area (Å²) in [5, 5.41) is 0. The van der Waals surface area contributed by atoms with Crippen LogP contribution in [-0.4, -0.2) is 29.2 Å². The molecule has 0 saturated heterocycles. The molecule has 1 atom stereocenters. The zero-order valence-electron chi connectivity index (χ0n) is 18.2. The topological polar surface area (TPSA) is 127 Å². The summed E-state index contributed by atoms with van der Waals surface area (Å²) in [4.78, 5) is 39.6. The van der Waals surface area contributed by atoms with Gasteiger partial charge in [0.2, 0.25) is 0 Å². The van der Waals surface area contributed by atoms with Crippen molar-refractivity contribution in [2.45, 2.75) is 32.8 Å². The van der Waals surface area contributed by atoms with Gasteiger partial charge in [-0.05, 0) is 45.0 Å². The van der Waals surface area contributed by atoms with Gasteiger partial charge in [0.1, 0.15) is 22.0 Å². The van der Waals surface area contributed by atoms with E-state index in [2.05, 4.69) is 0 Å². The number of furan rings is 2. The van der Waals surface area contributed by atoms with E-state index in [4.69, 9.17) is 24.0 Å². The second kappa shape index (κ2) is 8.99. The summed E-state index contributed by atoms with van der Waals surface area (Å²) >= 11 is 1.04. The molecule has 0 radical (unpaired) electrons. The summed E-state index contributed by atoms with van der Waals surface area (Å²) in [5.41, 5.74) is 5.87. The van der Waals surface area contributed by atoms with Gasteiger partial charge in [-0.2, -0.15) is 0 Å². The van der Waals surface area contributed by atoms with Gasteiger partial charge in [0.25, 0.3) is 5.56 Å². The van der Waals surface area contributed by atoms with Crippen LogP contribution < -0.4 is 20.5 Å². The third-order valence-electron chi connectivity index (χ3n) is 4.85. The van der Waals surface area contributed by atoms with Gasteiger partial charge in [0.15, 0.2) is 0 Å². The molecule has 4 rings (SSSR count). The minimum atomic E-state index is -1.01. The largest absolute Gasteiger partial charge is 0.468 e. The van der Waals surface area contributed by atoms with Crippen LogP contribution >= 0.6 is 11.3 Å². The lowest BCUT2D eigenvalue weighted by molar-refractivity contribution is -0.140. The molecule has 3 aromatic rings. The van der Waals surface area contributed by atoms with Crippen molar-refractivity contribution in [3.05, 3.63) is 73.4 Å². The van der Waals surface area contributed by atoms with Crippen molar-refractivity contribution in [2.75, 3.05) is 6.61 Å². The Kier molecular flexibility index (Phi) is 6.10. The molecule has 1 aliphatic heterocycles. The van der Waals surface area contributed by atoms with E-state index in [9.17, 15) is 14.4 Å². The average Bonchev–Trinajstić information content (AvgIpc) is 3.50. The first-order valence-electron chi connectivity index (χ1n) is 10.3. The Morgan fingerprint density at radius 3 is 2.52 bits per heavy atom. The zero-order chi connectivity index (χ0) is 23.7. The van der Waals surface area contributed by atoms with Gasteiger partial charge in [-0.25, -0.2) is 9.59 Å². The molecule has 3 aromatic heterocycles. The Balaban J connectivity index is 2.10. The number of aromatic nitrogens is 1. The standard InChI is InChI=1S/C23H22N2O7S/c1-4-29-22(27)17-16(14-8-6-10-31-14)18(23(28)32-12(2)3)21-25(19(17)24)20(26)15(33-21)11-13-7-5-9-30-13/h5-12,16H,4,24H2,1-3H3/b15-11-/t16-/m1/s1. The van der Waals surface area contributed by atoms with E-state index in [-0.39, 0.29) is 32.8 Å². The van der Waals surface area contributed by atoms with Crippen LogP contribution in [0.25, 0.3) is 17.5 Å². The van der Waals surface area contributed by atoms with Gasteiger partial charge in [-0.3, -0.25) is 9.36 Å². The molecule has 0 amide bonds. The summed E-state index contributed by atoms with van der Waals surface area (Å²) in [7, 11) is 0. The Bertz CT molecular complexity index is 1390. The first-order valence-corrected chi connectivity index (χ1v) is 11.1. The number of esters is 2. The number of hydrogen-bond donors (Lipinski definition) is 1. The Morgan fingerprint density at radius 2 is 1.91 bits per heavy atom. The third-order valence-corrected chi connectivity index (χ3v) is 5.96. The lowest BCUT2D eigenvalue weighted by Crippen LogP contribution is -2.42. The summed E-state index contributed by atoms with van der Waals surface area (Å²) in [6.07, 6.45) is 4.01. The van der Waals surface area contributed by atoms with E-state index < -0.39 is 29.5 Å². The molecule has 4 heterocycles. The molecule has 0 aromatic carbocycles. The van der Waals surface area contributed by atoms with E-state index in [1.807, 2.05) is 0 Å². The van der Waals surface area contributed by atoms with Crippen molar-refractivity contribution < 1.29 is 27.9 Å². The van der Waals surface area contributed by atoms with Crippen LogP contribution in [0.2, 0.25) is 0 Å². The lowest BCUT2D eigenvalue weighted by Gasteiger charge is -2.25. The van der Waals surface area contributed by atoms with Crippen LogP contribution in [0.3, 0.4) is 0 Å². The average molecular weight is 471 g/mol. The molecular formula is C23H22N2O7S. The highest BCUT2D eigenvalue weighted by atomic mass is 32.1. The molecule has 0 spiro atoms. The monoisotopic (exact) mass is 470 g/mol. The maximum Gasteiger partial charge on any atom is 0.338 e. The molecule has 1 aliphatic rings. The van der Waals surface area contributed by atoms with E-state index in [1.54, 1.807) is 51.1 Å². The summed E-state index contributed by atoms with van der Waals surface area (Å²) in [6.45, 7) is 5.14. The summed E-state index contributed by atoms with van der Waals surface area (Å²) in [6, 6.07) is 6.63. The number of nitrogens with zero attached hydrogens (tertiary/aromatic N) is 1. The first-order chi connectivity index (χ1) is 15.8. The van der Waals surface area contributed by atoms with E-state index in [0.717, 1.165) is 15.9 Å². The molecule has 0 unspecified atom stereocenters. The molecule has 10 heteroatoms. The summed E-state index contributed by atoms with van der Waals surface area (Å²) in [5.74, 6) is -1.85. The Morgan fingerprint density at radius 1 is 1.18 bits per heavy atom. The molecule has 0 bridgehead atoms. The minimum absolute atomic E-state index is 0.0668. The van der Waals surface area contributed by atoms with Gasteiger partial charge < -0.3 is 24.0 Å². The number of carbonyl (C=O) groups is 2. The van der Waals surface area contributed by atoms with E-state index in [1.165, 1.54) is 12.5 Å². The number of ether oxygens (including phenoxy) is 2. The predicted octanol–water partition coefficient (Wildman–Crippen LogP) is 1.51. The van der Waals surface area contributed by atoms with Crippen LogP contribution in [0, 0.1) is 0 Å². The smallest absolute Gasteiger partial charge is 0.338 e. The van der Waals surface area contributed by atoms with Crippen molar-refractivity contribution in [1.82, 2.24) is 4.57 Å². The maximum atomic E-state index is 13.3.